The molecule has 0 spiro atoms. The van der Waals surface area contributed by atoms with Gasteiger partial charge in [0, 0.05) is 36.5 Å². The molecule has 2 rings (SSSR count). The van der Waals surface area contributed by atoms with Gasteiger partial charge in [0.2, 0.25) is 0 Å². The smallest absolute Gasteiger partial charge is 0.191 e. The molecule has 1 aromatic carbocycles. The van der Waals surface area contributed by atoms with Crippen molar-refractivity contribution in [1.29, 1.82) is 0 Å². The number of rotatable bonds is 6. The van der Waals surface area contributed by atoms with Crippen LogP contribution in [0.4, 0.5) is 0 Å². The van der Waals surface area contributed by atoms with E-state index in [9.17, 15) is 0 Å². The number of benzene rings is 1. The zero-order valence-electron chi connectivity index (χ0n) is 15.9. The number of thioether (sulfide) groups is 1. The van der Waals surface area contributed by atoms with Crippen LogP contribution in [0, 0.1) is 20.8 Å². The van der Waals surface area contributed by atoms with Crippen LogP contribution in [0.15, 0.2) is 32.6 Å². The van der Waals surface area contributed by atoms with Crippen molar-refractivity contribution in [2.75, 3.05) is 19.8 Å². The van der Waals surface area contributed by atoms with Gasteiger partial charge < -0.3 is 15.2 Å². The molecule has 0 radical (unpaired) electrons. The van der Waals surface area contributed by atoms with Crippen LogP contribution in [0.5, 0.6) is 0 Å². The van der Waals surface area contributed by atoms with Crippen molar-refractivity contribution in [2.24, 2.45) is 4.99 Å². The summed E-state index contributed by atoms with van der Waals surface area (Å²) in [4.78, 5) is 5.62. The quantitative estimate of drug-likeness (QED) is 0.466. The fraction of sp³-hybridized carbons (Fsp3) is 0.474. The molecule has 5 nitrogen and oxygen atoms in total. The molecule has 1 unspecified atom stereocenters. The van der Waals surface area contributed by atoms with Gasteiger partial charge >= 0.3 is 0 Å². The Labute approximate surface area is 154 Å². The van der Waals surface area contributed by atoms with Crippen molar-refractivity contribution in [3.05, 3.63) is 46.3 Å². The maximum atomic E-state index is 5.26. The highest BCUT2D eigenvalue weighted by Crippen LogP contribution is 2.23. The van der Waals surface area contributed by atoms with E-state index in [1.807, 2.05) is 13.8 Å². The van der Waals surface area contributed by atoms with Crippen LogP contribution < -0.4 is 10.6 Å². The Morgan fingerprint density at radius 2 is 2.04 bits per heavy atom. The number of guanidine groups is 1. The van der Waals surface area contributed by atoms with Gasteiger partial charge in [0.25, 0.3) is 0 Å². The first kappa shape index (κ1) is 19.4. The van der Waals surface area contributed by atoms with E-state index in [1.54, 1.807) is 18.8 Å². The molecule has 2 N–H and O–H groups in total. The molecule has 1 atom stereocenters. The predicted molar refractivity (Wildman–Crippen MR) is 106 cm³/mol. The summed E-state index contributed by atoms with van der Waals surface area (Å²) in [7, 11) is 1.79. The van der Waals surface area contributed by atoms with Gasteiger partial charge in [-0.1, -0.05) is 24.2 Å². The Kier molecular flexibility index (Phi) is 6.93. The Bertz CT molecular complexity index is 720. The SMILES string of the molecule is CN=C(NCc1ccc(C)cc1SC)NCC(C)c1c(C)noc1C. The van der Waals surface area contributed by atoms with Crippen LogP contribution in [0.2, 0.25) is 0 Å². The summed E-state index contributed by atoms with van der Waals surface area (Å²) in [6.45, 7) is 9.74. The molecule has 0 aliphatic rings. The first-order valence-electron chi connectivity index (χ1n) is 8.47. The number of nitrogens with one attached hydrogen (secondary N) is 2. The minimum atomic E-state index is 0.297. The number of hydrogen-bond donors (Lipinski definition) is 2. The Balaban J connectivity index is 1.93. The lowest BCUT2D eigenvalue weighted by atomic mass is 10.00. The molecule has 1 aromatic heterocycles. The first-order valence-corrected chi connectivity index (χ1v) is 9.69. The molecule has 25 heavy (non-hydrogen) atoms. The van der Waals surface area contributed by atoms with Crippen LogP contribution in [-0.4, -0.2) is 31.0 Å². The van der Waals surface area contributed by atoms with Crippen LogP contribution >= 0.6 is 11.8 Å². The van der Waals surface area contributed by atoms with E-state index < -0.39 is 0 Å². The topological polar surface area (TPSA) is 62.5 Å². The Morgan fingerprint density at radius 3 is 2.64 bits per heavy atom. The van der Waals surface area contributed by atoms with Crippen LogP contribution in [-0.2, 0) is 6.54 Å². The predicted octanol–water partition coefficient (Wildman–Crippen LogP) is 3.79. The maximum Gasteiger partial charge on any atom is 0.191 e. The largest absolute Gasteiger partial charge is 0.361 e. The zero-order valence-corrected chi connectivity index (χ0v) is 16.8. The average molecular weight is 361 g/mol. The standard InChI is InChI=1S/C19H28N4OS/c1-12-7-8-16(17(9-12)25-6)11-22-19(20-5)21-10-13(2)18-14(3)23-24-15(18)4/h7-9,13H,10-11H2,1-6H3,(H2,20,21,22). The molecule has 0 saturated carbocycles. The fourth-order valence-electron chi connectivity index (χ4n) is 2.94. The summed E-state index contributed by atoms with van der Waals surface area (Å²) in [6.07, 6.45) is 2.11. The molecule has 2 aromatic rings. The Morgan fingerprint density at radius 1 is 1.28 bits per heavy atom. The number of aryl methyl sites for hydroxylation is 3. The van der Waals surface area contributed by atoms with Crippen molar-refractivity contribution in [3.63, 3.8) is 0 Å². The van der Waals surface area contributed by atoms with E-state index >= 15 is 0 Å². The van der Waals surface area contributed by atoms with Crippen LogP contribution in [0.25, 0.3) is 0 Å². The highest BCUT2D eigenvalue weighted by atomic mass is 32.2. The fourth-order valence-corrected chi connectivity index (χ4v) is 3.65. The summed E-state index contributed by atoms with van der Waals surface area (Å²) in [6, 6.07) is 6.54. The minimum Gasteiger partial charge on any atom is -0.361 e. The highest BCUT2D eigenvalue weighted by molar-refractivity contribution is 7.98. The van der Waals surface area contributed by atoms with Gasteiger partial charge in [-0.25, -0.2) is 0 Å². The number of hydrogen-bond acceptors (Lipinski definition) is 4. The minimum absolute atomic E-state index is 0.297. The molecule has 6 heteroatoms. The van der Waals surface area contributed by atoms with E-state index in [0.29, 0.717) is 5.92 Å². The third-order valence-corrected chi connectivity index (χ3v) is 5.09. The number of nitrogens with zero attached hydrogens (tertiary/aromatic N) is 2. The summed E-state index contributed by atoms with van der Waals surface area (Å²) in [5.74, 6) is 1.98. The zero-order chi connectivity index (χ0) is 18.4. The third-order valence-electron chi connectivity index (χ3n) is 4.27. The molecule has 0 amide bonds. The molecular formula is C19H28N4OS. The monoisotopic (exact) mass is 360 g/mol. The third kappa shape index (κ3) is 5.01. The second-order valence-electron chi connectivity index (χ2n) is 6.26. The normalized spacial score (nSPS) is 13.0. The van der Waals surface area contributed by atoms with E-state index in [4.69, 9.17) is 4.52 Å². The number of aliphatic imine (C=N–C) groups is 1. The summed E-state index contributed by atoms with van der Waals surface area (Å²) in [5, 5.41) is 10.8. The lowest BCUT2D eigenvalue weighted by Gasteiger charge is -2.17. The van der Waals surface area contributed by atoms with Crippen LogP contribution in [0.1, 0.15) is 41.0 Å². The van der Waals surface area contributed by atoms with Gasteiger partial charge in [-0.15, -0.1) is 11.8 Å². The van der Waals surface area contributed by atoms with Gasteiger partial charge in [0.05, 0.1) is 5.69 Å². The molecule has 136 valence electrons. The van der Waals surface area contributed by atoms with Gasteiger partial charge in [0.1, 0.15) is 5.76 Å². The second-order valence-corrected chi connectivity index (χ2v) is 7.11. The van der Waals surface area contributed by atoms with Crippen molar-refractivity contribution < 1.29 is 4.52 Å². The van der Waals surface area contributed by atoms with E-state index in [0.717, 1.165) is 30.5 Å². The first-order chi connectivity index (χ1) is 12.0. The highest BCUT2D eigenvalue weighted by Gasteiger charge is 2.16. The van der Waals surface area contributed by atoms with Crippen molar-refractivity contribution in [2.45, 2.75) is 45.1 Å². The average Bonchev–Trinajstić information content (AvgIpc) is 2.94. The van der Waals surface area contributed by atoms with E-state index in [2.05, 4.69) is 59.1 Å². The van der Waals surface area contributed by atoms with E-state index in [1.165, 1.54) is 21.6 Å². The summed E-state index contributed by atoms with van der Waals surface area (Å²) < 4.78 is 5.26. The lowest BCUT2D eigenvalue weighted by molar-refractivity contribution is 0.391. The summed E-state index contributed by atoms with van der Waals surface area (Å²) in [5.41, 5.74) is 4.69. The molecule has 0 aliphatic carbocycles. The second kappa shape index (κ2) is 8.94. The molecular weight excluding hydrogens is 332 g/mol. The number of aromatic nitrogens is 1. The molecule has 0 bridgehead atoms. The molecule has 1 heterocycles. The van der Waals surface area contributed by atoms with Gasteiger partial charge in [-0.05, 0) is 44.2 Å². The van der Waals surface area contributed by atoms with Crippen molar-refractivity contribution >= 4 is 17.7 Å². The Hall–Kier alpha value is -1.95. The van der Waals surface area contributed by atoms with Crippen molar-refractivity contribution in [1.82, 2.24) is 15.8 Å². The summed E-state index contributed by atoms with van der Waals surface area (Å²) >= 11 is 1.77. The molecule has 0 fully saturated rings. The van der Waals surface area contributed by atoms with Crippen molar-refractivity contribution in [3.8, 4) is 0 Å². The van der Waals surface area contributed by atoms with Gasteiger partial charge in [0.15, 0.2) is 5.96 Å². The van der Waals surface area contributed by atoms with E-state index in [-0.39, 0.29) is 0 Å². The van der Waals surface area contributed by atoms with Gasteiger partial charge in [-0.3, -0.25) is 4.99 Å². The molecule has 0 aliphatic heterocycles. The lowest BCUT2D eigenvalue weighted by Crippen LogP contribution is -2.38. The van der Waals surface area contributed by atoms with Crippen LogP contribution in [0.3, 0.4) is 0 Å². The maximum absolute atomic E-state index is 5.26. The molecule has 0 saturated heterocycles. The van der Waals surface area contributed by atoms with Gasteiger partial charge in [-0.2, -0.15) is 0 Å².